The van der Waals surface area contributed by atoms with Gasteiger partial charge in [-0.1, -0.05) is 62.0 Å². The van der Waals surface area contributed by atoms with Crippen molar-refractivity contribution in [2.45, 2.75) is 89.2 Å². The number of aromatic nitrogens is 1. The summed E-state index contributed by atoms with van der Waals surface area (Å²) in [6.07, 6.45) is 1.19. The van der Waals surface area contributed by atoms with Crippen LogP contribution < -0.4 is 4.74 Å². The van der Waals surface area contributed by atoms with Crippen molar-refractivity contribution in [3.05, 3.63) is 30.1 Å². The molecule has 0 radical (unpaired) electrons. The molecule has 0 amide bonds. The largest absolute Gasteiger partial charge is 0.481 e. The molecule has 25 heavy (non-hydrogen) atoms. The summed E-state index contributed by atoms with van der Waals surface area (Å²) < 4.78 is 5.45. The van der Waals surface area contributed by atoms with Gasteiger partial charge in [-0.25, -0.2) is 0 Å². The quantitative estimate of drug-likeness (QED) is 0.657. The van der Waals surface area contributed by atoms with Gasteiger partial charge in [0.15, 0.2) is 11.9 Å². The van der Waals surface area contributed by atoms with Crippen LogP contribution in [0, 0.1) is 6.92 Å². The third-order valence-corrected chi connectivity index (χ3v) is 2.34. The molecule has 1 aromatic heterocycles. The van der Waals surface area contributed by atoms with Crippen LogP contribution in [0.2, 0.25) is 0 Å². The van der Waals surface area contributed by atoms with E-state index in [1.165, 1.54) is 6.92 Å². The van der Waals surface area contributed by atoms with Gasteiger partial charge in [-0.15, -0.1) is 0 Å². The number of rotatable bonds is 4. The minimum Gasteiger partial charge on any atom is -0.481 e. The average Bonchev–Trinajstić information content (AvgIpc) is 2.61. The van der Waals surface area contributed by atoms with E-state index in [1.54, 1.807) is 13.1 Å². The van der Waals surface area contributed by atoms with Crippen molar-refractivity contribution in [2.75, 3.05) is 0 Å². The monoisotopic (exact) mass is 357 g/mol. The maximum Gasteiger partial charge on any atom is 0.169 e. The normalized spacial score (nSPS) is 8.64. The van der Waals surface area contributed by atoms with Crippen molar-refractivity contribution < 1.29 is 15.0 Å². The Morgan fingerprint density at radius 2 is 1.44 bits per heavy atom. The topological polar surface area (TPSA) is 70.7 Å². The maximum atomic E-state index is 11.0. The zero-order valence-corrected chi connectivity index (χ0v) is 18.7. The van der Waals surface area contributed by atoms with Crippen molar-refractivity contribution in [1.82, 2.24) is 4.98 Å². The lowest BCUT2D eigenvalue weighted by Gasteiger charge is -2.13. The molecule has 0 aliphatic rings. The second kappa shape index (κ2) is 24.6. The maximum absolute atomic E-state index is 11.0. The number of Topliss-reactive ketones (excluding diaryl/α,β-unsaturated/α-hetero) is 1. The van der Waals surface area contributed by atoms with Crippen molar-refractivity contribution in [3.63, 3.8) is 0 Å². The second-order valence-electron chi connectivity index (χ2n) is 3.99. The van der Waals surface area contributed by atoms with Crippen LogP contribution in [0.5, 0.6) is 5.75 Å². The van der Waals surface area contributed by atoms with Crippen LogP contribution in [0.25, 0.3) is 5.57 Å². The van der Waals surface area contributed by atoms with Crippen LogP contribution in [0.1, 0.15) is 87.4 Å². The Morgan fingerprint density at radius 1 is 1.04 bits per heavy atom. The van der Waals surface area contributed by atoms with E-state index < -0.39 is 6.10 Å². The number of carbonyl (C=O) groups is 1. The Labute approximate surface area is 157 Å². The van der Waals surface area contributed by atoms with Crippen molar-refractivity contribution in [2.24, 2.45) is 0 Å². The van der Waals surface area contributed by atoms with E-state index in [2.05, 4.69) is 11.6 Å². The van der Waals surface area contributed by atoms with E-state index >= 15 is 0 Å². The SMILES string of the molecule is C=C(C)c1ncc(OC(C)C(C)=O)cc1C.CC.CC.CC.CC.O. The molecule has 1 rings (SSSR count). The number of hydrogen-bond acceptors (Lipinski definition) is 3. The van der Waals surface area contributed by atoms with Crippen LogP contribution in [0.4, 0.5) is 0 Å². The van der Waals surface area contributed by atoms with Gasteiger partial charge in [0, 0.05) is 0 Å². The van der Waals surface area contributed by atoms with E-state index in [-0.39, 0.29) is 11.3 Å². The smallest absolute Gasteiger partial charge is 0.169 e. The molecule has 0 spiro atoms. The molecule has 0 aliphatic heterocycles. The lowest BCUT2D eigenvalue weighted by atomic mass is 10.1. The number of ketones is 1. The molecule has 0 aromatic carbocycles. The lowest BCUT2D eigenvalue weighted by molar-refractivity contribution is -0.122. The first-order valence-electron chi connectivity index (χ1n) is 9.21. The highest BCUT2D eigenvalue weighted by atomic mass is 16.5. The number of allylic oxidation sites excluding steroid dienone is 1. The van der Waals surface area contributed by atoms with Crippen LogP contribution in [-0.4, -0.2) is 22.3 Å². The predicted octanol–water partition coefficient (Wildman–Crippen LogP) is 6.06. The molecule has 150 valence electrons. The van der Waals surface area contributed by atoms with Crippen LogP contribution in [0.15, 0.2) is 18.8 Å². The highest BCUT2D eigenvalue weighted by Crippen LogP contribution is 2.20. The molecule has 0 saturated heterocycles. The highest BCUT2D eigenvalue weighted by molar-refractivity contribution is 5.80. The lowest BCUT2D eigenvalue weighted by Crippen LogP contribution is -2.20. The molecule has 1 atom stereocenters. The summed E-state index contributed by atoms with van der Waals surface area (Å²) in [6.45, 7) is 26.9. The Morgan fingerprint density at radius 3 is 1.72 bits per heavy atom. The summed E-state index contributed by atoms with van der Waals surface area (Å²) >= 11 is 0. The molecule has 1 unspecified atom stereocenters. The number of carbonyl (C=O) groups excluding carboxylic acids is 1. The Balaban J connectivity index is -0.000000130. The fraction of sp³-hybridized carbons (Fsp3) is 0.619. The van der Waals surface area contributed by atoms with E-state index in [9.17, 15) is 4.79 Å². The number of nitrogens with zero attached hydrogens (tertiary/aromatic N) is 1. The highest BCUT2D eigenvalue weighted by Gasteiger charge is 2.10. The summed E-state index contributed by atoms with van der Waals surface area (Å²) in [5.41, 5.74) is 2.80. The van der Waals surface area contributed by atoms with Gasteiger partial charge in [0.25, 0.3) is 0 Å². The van der Waals surface area contributed by atoms with Crippen LogP contribution in [-0.2, 0) is 4.79 Å². The first-order valence-corrected chi connectivity index (χ1v) is 9.21. The summed E-state index contributed by atoms with van der Waals surface area (Å²) in [6, 6.07) is 1.87. The van der Waals surface area contributed by atoms with Gasteiger partial charge < -0.3 is 10.2 Å². The zero-order chi connectivity index (χ0) is 20.3. The molecular formula is C21H43NO3. The Bertz CT molecular complexity index is 429. The van der Waals surface area contributed by atoms with Crippen molar-refractivity contribution in [1.29, 1.82) is 0 Å². The first-order chi connectivity index (χ1) is 11.4. The zero-order valence-electron chi connectivity index (χ0n) is 18.7. The molecule has 0 fully saturated rings. The molecule has 1 aromatic rings. The third kappa shape index (κ3) is 16.9. The second-order valence-corrected chi connectivity index (χ2v) is 3.99. The Kier molecular flexibility index (Phi) is 34.0. The van der Waals surface area contributed by atoms with Gasteiger partial charge in [-0.2, -0.15) is 0 Å². The third-order valence-electron chi connectivity index (χ3n) is 2.34. The van der Waals surface area contributed by atoms with E-state index in [0.29, 0.717) is 5.75 Å². The van der Waals surface area contributed by atoms with Gasteiger partial charge in [0.05, 0.1) is 11.9 Å². The number of hydrogen-bond donors (Lipinski definition) is 0. The number of ether oxygens (including phenoxy) is 1. The van der Waals surface area contributed by atoms with Crippen molar-refractivity contribution in [3.8, 4) is 5.75 Å². The Hall–Kier alpha value is -1.68. The average molecular weight is 358 g/mol. The number of aryl methyl sites for hydroxylation is 1. The molecule has 1 heterocycles. The molecule has 4 nitrogen and oxygen atoms in total. The summed E-state index contributed by atoms with van der Waals surface area (Å²) in [7, 11) is 0. The fourth-order valence-corrected chi connectivity index (χ4v) is 1.35. The minimum atomic E-state index is -0.433. The van der Waals surface area contributed by atoms with Gasteiger partial charge in [-0.05, 0) is 44.9 Å². The standard InChI is InChI=1S/C13H17NO2.4C2H6.H2O/c1-8(2)13-9(3)6-12(7-14-13)16-11(5)10(4)15;4*1-2;/h6-7,11H,1H2,2-5H3;4*1-2H3;1H2. The minimum absolute atomic E-state index is 0. The van der Waals surface area contributed by atoms with Gasteiger partial charge in [0.1, 0.15) is 5.75 Å². The fourth-order valence-electron chi connectivity index (χ4n) is 1.35. The van der Waals surface area contributed by atoms with Gasteiger partial charge in [-0.3, -0.25) is 9.78 Å². The summed E-state index contributed by atoms with van der Waals surface area (Å²) in [5.74, 6) is 0.617. The summed E-state index contributed by atoms with van der Waals surface area (Å²) in [4.78, 5) is 15.3. The van der Waals surface area contributed by atoms with Crippen molar-refractivity contribution >= 4 is 11.4 Å². The van der Waals surface area contributed by atoms with E-state index in [4.69, 9.17) is 4.74 Å². The summed E-state index contributed by atoms with van der Waals surface area (Å²) in [5, 5.41) is 0. The molecule has 0 aliphatic carbocycles. The van der Waals surface area contributed by atoms with Gasteiger partial charge in [0.2, 0.25) is 0 Å². The first kappa shape index (κ1) is 34.6. The van der Waals surface area contributed by atoms with Crippen LogP contribution >= 0.6 is 0 Å². The molecule has 0 saturated carbocycles. The van der Waals surface area contributed by atoms with Gasteiger partial charge >= 0.3 is 0 Å². The predicted molar refractivity (Wildman–Crippen MR) is 113 cm³/mol. The van der Waals surface area contributed by atoms with Crippen LogP contribution in [0.3, 0.4) is 0 Å². The molecular weight excluding hydrogens is 314 g/mol. The molecule has 4 heteroatoms. The molecule has 2 N–H and O–H groups in total. The van der Waals surface area contributed by atoms with E-state index in [1.807, 2.05) is 75.3 Å². The number of pyridine rings is 1. The van der Waals surface area contributed by atoms with E-state index in [0.717, 1.165) is 16.8 Å². The molecule has 0 bridgehead atoms.